The van der Waals surface area contributed by atoms with Gasteiger partial charge >= 0.3 is 11.9 Å². The SMILES string of the molecule is CCCCCCCCCc1ccccc1Oc1ccccc1CCCCCCCCC.CCCCCCCCOC(=O)CC(C(=O)OCCCCCCCC)S(=O)(=O)O. The highest BCUT2D eigenvalue weighted by Gasteiger charge is 2.35. The van der Waals surface area contributed by atoms with Gasteiger partial charge in [0.25, 0.3) is 10.1 Å². The Bertz CT molecular complexity index is 1370. The van der Waals surface area contributed by atoms with E-state index < -0.39 is 33.7 Å². The van der Waals surface area contributed by atoms with Crippen molar-refractivity contribution in [3.05, 3.63) is 59.7 Å². The first-order valence-electron chi connectivity index (χ1n) is 23.8. The van der Waals surface area contributed by atoms with Crippen molar-refractivity contribution >= 4 is 22.1 Å². The monoisotopic (exact) mass is 845 g/mol. The summed E-state index contributed by atoms with van der Waals surface area (Å²) in [4.78, 5) is 23.8. The Kier molecular flexibility index (Phi) is 33.8. The van der Waals surface area contributed by atoms with Crippen molar-refractivity contribution in [3.63, 3.8) is 0 Å². The fourth-order valence-electron chi connectivity index (χ4n) is 7.02. The van der Waals surface area contributed by atoms with Crippen molar-refractivity contribution < 1.29 is 36.8 Å². The second-order valence-corrected chi connectivity index (χ2v) is 17.8. The highest BCUT2D eigenvalue weighted by atomic mass is 32.2. The molecule has 0 radical (unpaired) electrons. The third kappa shape index (κ3) is 29.1. The lowest BCUT2D eigenvalue weighted by Crippen LogP contribution is -2.34. The highest BCUT2D eigenvalue weighted by molar-refractivity contribution is 7.87. The van der Waals surface area contributed by atoms with E-state index in [0.29, 0.717) is 12.8 Å². The number of benzene rings is 2. The molecule has 0 aliphatic rings. The largest absolute Gasteiger partial charge is 0.466 e. The maximum absolute atomic E-state index is 12.0. The molecule has 0 saturated heterocycles. The van der Waals surface area contributed by atoms with Crippen molar-refractivity contribution in [1.82, 2.24) is 0 Å². The average molecular weight is 845 g/mol. The molecule has 1 atom stereocenters. The van der Waals surface area contributed by atoms with Crippen molar-refractivity contribution in [2.75, 3.05) is 13.2 Å². The number of ether oxygens (including phenoxy) is 3. The Hall–Kier alpha value is -2.91. The molecule has 1 N–H and O–H groups in total. The fourth-order valence-corrected chi connectivity index (χ4v) is 7.68. The van der Waals surface area contributed by atoms with E-state index in [1.165, 1.54) is 107 Å². The minimum Gasteiger partial charge on any atom is -0.466 e. The van der Waals surface area contributed by atoms with Gasteiger partial charge in [0.2, 0.25) is 0 Å². The molecule has 338 valence electrons. The van der Waals surface area contributed by atoms with Gasteiger partial charge in [-0.25, -0.2) is 0 Å². The number of aryl methyl sites for hydroxylation is 2. The first-order chi connectivity index (χ1) is 28.7. The van der Waals surface area contributed by atoms with Crippen LogP contribution in [0.25, 0.3) is 0 Å². The molecule has 59 heavy (non-hydrogen) atoms. The summed E-state index contributed by atoms with van der Waals surface area (Å²) in [7, 11) is -4.73. The molecule has 0 heterocycles. The standard InChI is InChI=1S/C30H46O.C20H38O7S/c1-3-5-7-9-11-13-15-21-27-23-17-19-25-29(27)31-30-26-20-18-24-28(30)22-16-14-12-10-8-6-4-2;1-3-5-7-9-11-13-15-26-19(21)17-18(28(23,24)25)20(22)27-16-14-12-10-8-6-4-2/h17-20,23-26H,3-16,21-22H2,1-2H3;18H,3-17H2,1-2H3,(H,23,24,25). The van der Waals surface area contributed by atoms with Gasteiger partial charge in [-0.1, -0.05) is 205 Å². The molecule has 0 aromatic heterocycles. The van der Waals surface area contributed by atoms with Gasteiger partial charge in [-0.3, -0.25) is 14.1 Å². The molecule has 2 aromatic rings. The Morgan fingerprint density at radius 1 is 0.492 bits per heavy atom. The molecular weight excluding hydrogens is 761 g/mol. The first-order valence-corrected chi connectivity index (χ1v) is 25.3. The van der Waals surface area contributed by atoms with Crippen LogP contribution in [0.1, 0.15) is 212 Å². The summed E-state index contributed by atoms with van der Waals surface area (Å²) in [5, 5.41) is -1.93. The Morgan fingerprint density at radius 3 is 1.22 bits per heavy atom. The van der Waals surface area contributed by atoms with Crippen LogP contribution in [0.15, 0.2) is 48.5 Å². The fraction of sp³-hybridized carbons (Fsp3) is 0.720. The zero-order chi connectivity index (χ0) is 43.2. The maximum atomic E-state index is 12.0. The number of para-hydroxylation sites is 2. The van der Waals surface area contributed by atoms with Gasteiger partial charge in [-0.2, -0.15) is 8.42 Å². The van der Waals surface area contributed by atoms with Crippen LogP contribution in [0.2, 0.25) is 0 Å². The average Bonchev–Trinajstić information content (AvgIpc) is 3.22. The van der Waals surface area contributed by atoms with E-state index >= 15 is 0 Å². The highest BCUT2D eigenvalue weighted by Crippen LogP contribution is 2.30. The summed E-state index contributed by atoms with van der Waals surface area (Å²) in [6.07, 6.45) is 32.5. The van der Waals surface area contributed by atoms with E-state index in [0.717, 1.165) is 82.1 Å². The smallest absolute Gasteiger partial charge is 0.327 e. The van der Waals surface area contributed by atoms with Crippen LogP contribution >= 0.6 is 0 Å². The number of hydrogen-bond acceptors (Lipinski definition) is 7. The maximum Gasteiger partial charge on any atom is 0.327 e. The second kappa shape index (κ2) is 36.9. The summed E-state index contributed by atoms with van der Waals surface area (Å²) in [5.41, 5.74) is 2.70. The van der Waals surface area contributed by atoms with Gasteiger partial charge in [0.05, 0.1) is 19.6 Å². The summed E-state index contributed by atoms with van der Waals surface area (Å²) in [6.45, 7) is 9.06. The number of carbonyl (C=O) groups is 2. The summed E-state index contributed by atoms with van der Waals surface area (Å²) in [6, 6.07) is 17.3. The molecule has 2 aromatic carbocycles. The van der Waals surface area contributed by atoms with Gasteiger partial charge < -0.3 is 14.2 Å². The Morgan fingerprint density at radius 2 is 0.831 bits per heavy atom. The lowest BCUT2D eigenvalue weighted by atomic mass is 10.0. The number of rotatable bonds is 36. The zero-order valence-corrected chi connectivity index (χ0v) is 38.6. The van der Waals surface area contributed by atoms with Crippen molar-refractivity contribution in [1.29, 1.82) is 0 Å². The van der Waals surface area contributed by atoms with E-state index in [9.17, 15) is 22.6 Å². The number of carbonyl (C=O) groups excluding carboxylic acids is 2. The molecule has 9 heteroatoms. The van der Waals surface area contributed by atoms with Crippen molar-refractivity contribution in [2.45, 2.75) is 219 Å². The topological polar surface area (TPSA) is 116 Å². The lowest BCUT2D eigenvalue weighted by molar-refractivity contribution is -0.150. The van der Waals surface area contributed by atoms with Gasteiger partial charge in [0, 0.05) is 0 Å². The quantitative estimate of drug-likeness (QED) is 0.0409. The summed E-state index contributed by atoms with van der Waals surface area (Å²) in [5.74, 6) is 0.154. The first kappa shape index (κ1) is 54.1. The molecule has 0 spiro atoms. The van der Waals surface area contributed by atoms with E-state index in [2.05, 4.69) is 76.2 Å². The summed E-state index contributed by atoms with van der Waals surface area (Å²) < 4.78 is 48.5. The Labute approximate surface area is 361 Å². The molecule has 1 unspecified atom stereocenters. The van der Waals surface area contributed by atoms with E-state index in [1.807, 2.05) is 0 Å². The zero-order valence-electron chi connectivity index (χ0n) is 37.8. The number of esters is 2. The van der Waals surface area contributed by atoms with Crippen molar-refractivity contribution in [3.8, 4) is 11.5 Å². The van der Waals surface area contributed by atoms with E-state index in [4.69, 9.17) is 14.2 Å². The van der Waals surface area contributed by atoms with Gasteiger partial charge in [0.1, 0.15) is 11.5 Å². The minimum atomic E-state index is -4.73. The minimum absolute atomic E-state index is 0.0732. The van der Waals surface area contributed by atoms with Crippen LogP contribution < -0.4 is 4.74 Å². The predicted molar refractivity (Wildman–Crippen MR) is 245 cm³/mol. The third-order valence-corrected chi connectivity index (χ3v) is 11.8. The summed E-state index contributed by atoms with van der Waals surface area (Å²) >= 11 is 0. The molecule has 0 amide bonds. The van der Waals surface area contributed by atoms with E-state index in [-0.39, 0.29) is 13.2 Å². The lowest BCUT2D eigenvalue weighted by Gasteiger charge is -2.14. The van der Waals surface area contributed by atoms with Crippen LogP contribution in [0.4, 0.5) is 0 Å². The second-order valence-electron chi connectivity index (χ2n) is 16.2. The van der Waals surface area contributed by atoms with Crippen molar-refractivity contribution in [2.24, 2.45) is 0 Å². The molecule has 0 aliphatic heterocycles. The van der Waals surface area contributed by atoms with E-state index in [1.54, 1.807) is 0 Å². The molecular formula is C50H84O8S. The Balaban J connectivity index is 0.000000594. The normalized spacial score (nSPS) is 11.7. The molecule has 0 saturated carbocycles. The molecule has 0 fully saturated rings. The van der Waals surface area contributed by atoms with Crippen LogP contribution in [0.5, 0.6) is 11.5 Å². The number of unbranched alkanes of at least 4 members (excludes halogenated alkanes) is 22. The van der Waals surface area contributed by atoms with Crippen LogP contribution in [0.3, 0.4) is 0 Å². The van der Waals surface area contributed by atoms with Gasteiger partial charge in [-0.15, -0.1) is 0 Å². The van der Waals surface area contributed by atoms with Gasteiger partial charge in [0.15, 0.2) is 5.25 Å². The molecule has 0 aliphatic carbocycles. The van der Waals surface area contributed by atoms with Gasteiger partial charge in [-0.05, 0) is 61.8 Å². The van der Waals surface area contributed by atoms with Crippen LogP contribution in [-0.4, -0.2) is 43.4 Å². The molecule has 8 nitrogen and oxygen atoms in total. The van der Waals surface area contributed by atoms with Crippen LogP contribution in [-0.2, 0) is 42.0 Å². The number of hydrogen-bond donors (Lipinski definition) is 1. The van der Waals surface area contributed by atoms with Crippen LogP contribution in [0, 0.1) is 0 Å². The third-order valence-electron chi connectivity index (χ3n) is 10.7. The molecule has 2 rings (SSSR count). The predicted octanol–water partition coefficient (Wildman–Crippen LogP) is 14.5. The molecule has 0 bridgehead atoms.